The molecule has 0 fully saturated rings. The summed E-state index contributed by atoms with van der Waals surface area (Å²) in [4.78, 5) is 0. The zero-order chi connectivity index (χ0) is 12.7. The Hall–Kier alpha value is -1.42. The summed E-state index contributed by atoms with van der Waals surface area (Å²) in [5, 5.41) is 19.3. The molecular formula is C14H18O3. The van der Waals surface area contributed by atoms with Gasteiger partial charge in [0.05, 0.1) is 6.61 Å². The summed E-state index contributed by atoms with van der Waals surface area (Å²) in [6.07, 6.45) is 0.0775. The Morgan fingerprint density at radius 3 is 2.06 bits per heavy atom. The predicted octanol–water partition coefficient (Wildman–Crippen LogP) is 1.67. The largest absolute Gasteiger partial charge is 0.386 e. The van der Waals surface area contributed by atoms with E-state index in [1.54, 1.807) is 0 Å². The number of rotatable bonds is 7. The van der Waals surface area contributed by atoms with E-state index in [9.17, 15) is 10.2 Å². The van der Waals surface area contributed by atoms with Gasteiger partial charge in [0.25, 0.3) is 0 Å². The topological polar surface area (TPSA) is 49.7 Å². The average molecular weight is 234 g/mol. The molecule has 92 valence electrons. The number of aliphatic hydroxyl groups excluding tert-OH is 2. The Morgan fingerprint density at radius 2 is 1.59 bits per heavy atom. The molecule has 3 heteroatoms. The minimum atomic E-state index is -0.924. The lowest BCUT2D eigenvalue weighted by Crippen LogP contribution is -2.37. The van der Waals surface area contributed by atoms with Gasteiger partial charge >= 0.3 is 0 Å². The summed E-state index contributed by atoms with van der Waals surface area (Å²) in [7, 11) is 0. The summed E-state index contributed by atoms with van der Waals surface area (Å²) in [5.74, 6) is 0. The summed E-state index contributed by atoms with van der Waals surface area (Å²) in [5.41, 5.74) is 0.977. The smallest absolute Gasteiger partial charge is 0.117 e. The monoisotopic (exact) mass is 234 g/mol. The quantitative estimate of drug-likeness (QED) is 0.705. The first kappa shape index (κ1) is 13.6. The minimum Gasteiger partial charge on any atom is -0.386 e. The van der Waals surface area contributed by atoms with Gasteiger partial charge in [0.1, 0.15) is 18.3 Å². The Kier molecular flexibility index (Phi) is 5.63. The van der Waals surface area contributed by atoms with E-state index < -0.39 is 18.3 Å². The summed E-state index contributed by atoms with van der Waals surface area (Å²) in [6, 6.07) is 9.55. The van der Waals surface area contributed by atoms with E-state index in [0.29, 0.717) is 6.61 Å². The van der Waals surface area contributed by atoms with Gasteiger partial charge in [0, 0.05) is 0 Å². The number of aliphatic hydroxyl groups is 2. The maximum Gasteiger partial charge on any atom is 0.117 e. The molecule has 0 aliphatic carbocycles. The molecule has 1 aromatic rings. The molecule has 0 aliphatic rings. The van der Waals surface area contributed by atoms with E-state index in [1.807, 2.05) is 30.3 Å². The van der Waals surface area contributed by atoms with E-state index in [-0.39, 0.29) is 0 Å². The Labute approximate surface area is 102 Å². The molecule has 0 amide bonds. The van der Waals surface area contributed by atoms with Crippen LogP contribution in [-0.2, 0) is 11.3 Å². The van der Waals surface area contributed by atoms with E-state index >= 15 is 0 Å². The molecule has 0 saturated carbocycles. The van der Waals surface area contributed by atoms with Crippen LogP contribution in [0.2, 0.25) is 0 Å². The van der Waals surface area contributed by atoms with Crippen molar-refractivity contribution in [1.29, 1.82) is 0 Å². The summed E-state index contributed by atoms with van der Waals surface area (Å²) in [6.45, 7) is 7.28. The van der Waals surface area contributed by atoms with Crippen LogP contribution >= 0.6 is 0 Å². The molecule has 0 aliphatic heterocycles. The fourth-order valence-corrected chi connectivity index (χ4v) is 1.43. The molecule has 2 unspecified atom stereocenters. The van der Waals surface area contributed by atoms with Gasteiger partial charge in [-0.2, -0.15) is 0 Å². The zero-order valence-corrected chi connectivity index (χ0v) is 9.70. The molecular weight excluding hydrogens is 216 g/mol. The van der Waals surface area contributed by atoms with Crippen LogP contribution in [0.1, 0.15) is 5.56 Å². The second kappa shape index (κ2) is 7.01. The van der Waals surface area contributed by atoms with Crippen molar-refractivity contribution in [3.63, 3.8) is 0 Å². The van der Waals surface area contributed by atoms with Gasteiger partial charge in [-0.05, 0) is 5.56 Å². The van der Waals surface area contributed by atoms with Gasteiger partial charge in [-0.15, -0.1) is 13.2 Å². The third-order valence-corrected chi connectivity index (χ3v) is 2.44. The number of hydrogen-bond donors (Lipinski definition) is 2. The van der Waals surface area contributed by atoms with E-state index in [0.717, 1.165) is 5.56 Å². The normalized spacial score (nSPS) is 15.9. The second-order valence-corrected chi connectivity index (χ2v) is 3.71. The van der Waals surface area contributed by atoms with Gasteiger partial charge < -0.3 is 14.9 Å². The molecule has 0 saturated heterocycles. The van der Waals surface area contributed by atoms with Crippen LogP contribution in [0.5, 0.6) is 0 Å². The van der Waals surface area contributed by atoms with Crippen LogP contribution in [0.25, 0.3) is 0 Å². The highest BCUT2D eigenvalue weighted by molar-refractivity contribution is 5.13. The number of hydrogen-bond acceptors (Lipinski definition) is 3. The molecule has 1 rings (SSSR count). The van der Waals surface area contributed by atoms with Gasteiger partial charge in [-0.3, -0.25) is 0 Å². The van der Waals surface area contributed by atoms with Crippen molar-refractivity contribution < 1.29 is 14.9 Å². The van der Waals surface area contributed by atoms with Crippen LogP contribution in [0, 0.1) is 0 Å². The zero-order valence-electron chi connectivity index (χ0n) is 9.70. The third-order valence-electron chi connectivity index (χ3n) is 2.44. The Balaban J connectivity index is 2.61. The molecule has 3 nitrogen and oxygen atoms in total. The Bertz CT molecular complexity index is 334. The van der Waals surface area contributed by atoms with Gasteiger partial charge in [-0.1, -0.05) is 42.5 Å². The molecule has 2 atom stereocenters. The van der Waals surface area contributed by atoms with Crippen molar-refractivity contribution >= 4 is 0 Å². The third kappa shape index (κ3) is 4.15. The maximum atomic E-state index is 9.65. The molecule has 1 aromatic carbocycles. The maximum absolute atomic E-state index is 9.65. The highest BCUT2D eigenvalue weighted by Gasteiger charge is 2.23. The average Bonchev–Trinajstić information content (AvgIpc) is 2.39. The van der Waals surface area contributed by atoms with Crippen LogP contribution in [0.15, 0.2) is 55.6 Å². The number of benzene rings is 1. The van der Waals surface area contributed by atoms with Crippen LogP contribution in [-0.4, -0.2) is 28.5 Å². The Morgan fingerprint density at radius 1 is 1.06 bits per heavy atom. The van der Waals surface area contributed by atoms with E-state index in [4.69, 9.17) is 4.74 Å². The first-order valence-electron chi connectivity index (χ1n) is 5.45. The van der Waals surface area contributed by atoms with Crippen molar-refractivity contribution in [2.24, 2.45) is 0 Å². The van der Waals surface area contributed by atoms with Crippen LogP contribution < -0.4 is 0 Å². The SMILES string of the molecule is C=CC(O)C(OCc1ccccc1)C(O)C=C. The number of ether oxygens (including phenoxy) is 1. The van der Waals surface area contributed by atoms with Gasteiger partial charge in [-0.25, -0.2) is 0 Å². The first-order valence-corrected chi connectivity index (χ1v) is 5.45. The van der Waals surface area contributed by atoms with Gasteiger partial charge in [0.15, 0.2) is 0 Å². The lowest BCUT2D eigenvalue weighted by atomic mass is 10.1. The highest BCUT2D eigenvalue weighted by atomic mass is 16.5. The van der Waals surface area contributed by atoms with Crippen molar-refractivity contribution in [1.82, 2.24) is 0 Å². The summed E-state index contributed by atoms with van der Waals surface area (Å²) < 4.78 is 5.49. The lowest BCUT2D eigenvalue weighted by molar-refractivity contribution is -0.0772. The molecule has 2 N–H and O–H groups in total. The minimum absolute atomic E-state index is 0.321. The molecule has 17 heavy (non-hydrogen) atoms. The fourth-order valence-electron chi connectivity index (χ4n) is 1.43. The highest BCUT2D eigenvalue weighted by Crippen LogP contribution is 2.11. The lowest BCUT2D eigenvalue weighted by Gasteiger charge is -2.24. The fraction of sp³-hybridized carbons (Fsp3) is 0.286. The van der Waals surface area contributed by atoms with E-state index in [2.05, 4.69) is 13.2 Å². The molecule has 0 heterocycles. The summed E-state index contributed by atoms with van der Waals surface area (Å²) >= 11 is 0. The standard InChI is InChI=1S/C14H18O3/c1-3-12(15)14(13(16)4-2)17-10-11-8-6-5-7-9-11/h3-9,12-16H,1-2,10H2. The van der Waals surface area contributed by atoms with Crippen molar-refractivity contribution in [3.8, 4) is 0 Å². The van der Waals surface area contributed by atoms with Crippen molar-refractivity contribution in [2.45, 2.75) is 24.9 Å². The van der Waals surface area contributed by atoms with Crippen molar-refractivity contribution in [2.75, 3.05) is 0 Å². The van der Waals surface area contributed by atoms with Gasteiger partial charge in [0.2, 0.25) is 0 Å². The first-order chi connectivity index (χ1) is 8.19. The molecule has 0 aromatic heterocycles. The van der Waals surface area contributed by atoms with E-state index in [1.165, 1.54) is 12.2 Å². The molecule has 0 bridgehead atoms. The van der Waals surface area contributed by atoms with Crippen molar-refractivity contribution in [3.05, 3.63) is 61.2 Å². The van der Waals surface area contributed by atoms with Crippen LogP contribution in [0.3, 0.4) is 0 Å². The molecule has 0 spiro atoms. The van der Waals surface area contributed by atoms with Crippen LogP contribution in [0.4, 0.5) is 0 Å². The second-order valence-electron chi connectivity index (χ2n) is 3.71. The molecule has 0 radical (unpaired) electrons. The predicted molar refractivity (Wildman–Crippen MR) is 67.4 cm³/mol.